The molecule has 2 fully saturated rings. The number of benzene rings is 1. The predicted octanol–water partition coefficient (Wildman–Crippen LogP) is 2.42. The van der Waals surface area contributed by atoms with Crippen LogP contribution >= 0.6 is 11.6 Å². The maximum atomic E-state index is 12.4. The Bertz CT molecular complexity index is 589. The van der Waals surface area contributed by atoms with Crippen LogP contribution in [0.5, 0.6) is 0 Å². The number of hydrogen-bond acceptors (Lipinski definition) is 3. The molecule has 5 nitrogen and oxygen atoms in total. The molecule has 1 N–H and O–H groups in total. The standard InChI is InChI=1S/C16H20ClN3O2/c1-11(13-4-2-3-5-14(13)17)20(12-6-7-12)10-15(21)19-9-8-18-16(19)22/h2-5,11-12H,6-10H2,1H3,(H,18,22)/t11-/m1/s1. The van der Waals surface area contributed by atoms with E-state index in [4.69, 9.17) is 11.6 Å². The summed E-state index contributed by atoms with van der Waals surface area (Å²) >= 11 is 6.29. The minimum absolute atomic E-state index is 0.0517. The highest BCUT2D eigenvalue weighted by Crippen LogP contribution is 2.36. The van der Waals surface area contributed by atoms with Crippen LogP contribution in [0.4, 0.5) is 4.79 Å². The average Bonchev–Trinajstić information content (AvgIpc) is 3.25. The number of rotatable bonds is 5. The average molecular weight is 322 g/mol. The Hall–Kier alpha value is -1.59. The summed E-state index contributed by atoms with van der Waals surface area (Å²) in [6.45, 7) is 3.31. The van der Waals surface area contributed by atoms with Crippen LogP contribution in [0.3, 0.4) is 0 Å². The zero-order chi connectivity index (χ0) is 15.7. The highest BCUT2D eigenvalue weighted by Gasteiger charge is 2.37. The van der Waals surface area contributed by atoms with E-state index in [1.165, 1.54) is 4.90 Å². The first-order valence-corrected chi connectivity index (χ1v) is 8.04. The summed E-state index contributed by atoms with van der Waals surface area (Å²) in [6, 6.07) is 7.89. The van der Waals surface area contributed by atoms with E-state index in [-0.39, 0.29) is 24.5 Å². The first-order chi connectivity index (χ1) is 10.6. The molecule has 0 bridgehead atoms. The molecule has 118 valence electrons. The van der Waals surface area contributed by atoms with Crippen molar-refractivity contribution < 1.29 is 9.59 Å². The van der Waals surface area contributed by atoms with Gasteiger partial charge >= 0.3 is 6.03 Å². The molecule has 1 aliphatic carbocycles. The second-order valence-electron chi connectivity index (χ2n) is 5.88. The number of nitrogens with one attached hydrogen (secondary N) is 1. The molecule has 0 spiro atoms. The van der Waals surface area contributed by atoms with Gasteiger partial charge in [-0.1, -0.05) is 29.8 Å². The van der Waals surface area contributed by atoms with Crippen molar-refractivity contribution in [3.63, 3.8) is 0 Å². The number of carbonyl (C=O) groups is 2. The number of urea groups is 1. The Morgan fingerprint density at radius 1 is 1.45 bits per heavy atom. The highest BCUT2D eigenvalue weighted by atomic mass is 35.5. The van der Waals surface area contributed by atoms with Gasteiger partial charge in [-0.05, 0) is 31.4 Å². The van der Waals surface area contributed by atoms with E-state index in [2.05, 4.69) is 17.1 Å². The summed E-state index contributed by atoms with van der Waals surface area (Å²) < 4.78 is 0. The van der Waals surface area contributed by atoms with Gasteiger partial charge in [0.2, 0.25) is 5.91 Å². The number of amides is 3. The van der Waals surface area contributed by atoms with Crippen molar-refractivity contribution in [3.05, 3.63) is 34.9 Å². The monoisotopic (exact) mass is 321 g/mol. The summed E-state index contributed by atoms with van der Waals surface area (Å²) in [4.78, 5) is 27.5. The minimum atomic E-state index is -0.286. The lowest BCUT2D eigenvalue weighted by molar-refractivity contribution is -0.129. The quantitative estimate of drug-likeness (QED) is 0.906. The van der Waals surface area contributed by atoms with Gasteiger partial charge in [0.25, 0.3) is 0 Å². The second kappa shape index (κ2) is 6.26. The number of halogens is 1. The SMILES string of the molecule is C[C@H](c1ccccc1Cl)N(CC(=O)N1CCNC1=O)C1CC1. The lowest BCUT2D eigenvalue weighted by atomic mass is 10.1. The third-order valence-electron chi connectivity index (χ3n) is 4.34. The summed E-state index contributed by atoms with van der Waals surface area (Å²) in [5, 5.41) is 3.38. The second-order valence-corrected chi connectivity index (χ2v) is 6.29. The van der Waals surface area contributed by atoms with Crippen LogP contribution in [0.25, 0.3) is 0 Å². The van der Waals surface area contributed by atoms with Gasteiger partial charge in [0, 0.05) is 30.2 Å². The van der Waals surface area contributed by atoms with Crippen LogP contribution in [0.2, 0.25) is 5.02 Å². The van der Waals surface area contributed by atoms with Crippen molar-refractivity contribution in [2.75, 3.05) is 19.6 Å². The van der Waals surface area contributed by atoms with Crippen LogP contribution in [0.1, 0.15) is 31.4 Å². The fraction of sp³-hybridized carbons (Fsp3) is 0.500. The van der Waals surface area contributed by atoms with Gasteiger partial charge in [0.15, 0.2) is 0 Å². The number of carbonyl (C=O) groups excluding carboxylic acids is 2. The molecule has 0 radical (unpaired) electrons. The van der Waals surface area contributed by atoms with Crippen molar-refractivity contribution in [2.24, 2.45) is 0 Å². The first-order valence-electron chi connectivity index (χ1n) is 7.66. The third-order valence-corrected chi connectivity index (χ3v) is 4.69. The molecule has 2 aliphatic rings. The van der Waals surface area contributed by atoms with E-state index in [0.717, 1.165) is 18.4 Å². The van der Waals surface area contributed by atoms with Crippen LogP contribution in [0.15, 0.2) is 24.3 Å². The lowest BCUT2D eigenvalue weighted by Crippen LogP contribution is -2.43. The summed E-state index contributed by atoms with van der Waals surface area (Å²) in [6.07, 6.45) is 2.18. The number of hydrogen-bond donors (Lipinski definition) is 1. The predicted molar refractivity (Wildman–Crippen MR) is 84.7 cm³/mol. The van der Waals surface area contributed by atoms with Crippen molar-refractivity contribution in [3.8, 4) is 0 Å². The molecule has 1 aliphatic heterocycles. The molecule has 6 heteroatoms. The molecule has 1 saturated heterocycles. The number of imide groups is 1. The van der Waals surface area contributed by atoms with E-state index in [9.17, 15) is 9.59 Å². The molecule has 3 amide bonds. The third kappa shape index (κ3) is 3.10. The van der Waals surface area contributed by atoms with Gasteiger partial charge < -0.3 is 5.32 Å². The zero-order valence-electron chi connectivity index (χ0n) is 12.6. The lowest BCUT2D eigenvalue weighted by Gasteiger charge is -2.30. The van der Waals surface area contributed by atoms with E-state index in [1.54, 1.807) is 0 Å². The molecule has 1 aromatic carbocycles. The molecular formula is C16H20ClN3O2. The largest absolute Gasteiger partial charge is 0.336 e. The first kappa shape index (κ1) is 15.3. The topological polar surface area (TPSA) is 52.7 Å². The smallest absolute Gasteiger partial charge is 0.324 e. The number of nitrogens with zero attached hydrogens (tertiary/aromatic N) is 2. The maximum Gasteiger partial charge on any atom is 0.324 e. The molecule has 22 heavy (non-hydrogen) atoms. The van der Waals surface area contributed by atoms with Crippen molar-refractivity contribution >= 4 is 23.5 Å². The maximum absolute atomic E-state index is 12.4. The summed E-state index contributed by atoms with van der Waals surface area (Å²) in [7, 11) is 0. The summed E-state index contributed by atoms with van der Waals surface area (Å²) in [5.74, 6) is -0.138. The van der Waals surface area contributed by atoms with Gasteiger partial charge in [-0.15, -0.1) is 0 Å². The zero-order valence-corrected chi connectivity index (χ0v) is 13.3. The van der Waals surface area contributed by atoms with Crippen molar-refractivity contribution in [1.82, 2.24) is 15.1 Å². The molecule has 0 aromatic heterocycles. The molecular weight excluding hydrogens is 302 g/mol. The molecule has 1 saturated carbocycles. The van der Waals surface area contributed by atoms with E-state index in [0.29, 0.717) is 24.2 Å². The highest BCUT2D eigenvalue weighted by molar-refractivity contribution is 6.31. The van der Waals surface area contributed by atoms with Gasteiger partial charge in [-0.3, -0.25) is 14.6 Å². The Morgan fingerprint density at radius 3 is 2.77 bits per heavy atom. The van der Waals surface area contributed by atoms with E-state index < -0.39 is 0 Å². The van der Waals surface area contributed by atoms with Crippen molar-refractivity contribution in [1.29, 1.82) is 0 Å². The Morgan fingerprint density at radius 2 is 2.18 bits per heavy atom. The molecule has 1 atom stereocenters. The molecule has 0 unspecified atom stereocenters. The minimum Gasteiger partial charge on any atom is -0.336 e. The normalized spacial score (nSPS) is 19.4. The van der Waals surface area contributed by atoms with E-state index >= 15 is 0 Å². The fourth-order valence-electron chi connectivity index (χ4n) is 2.93. The molecule has 1 heterocycles. The van der Waals surface area contributed by atoms with E-state index in [1.807, 2.05) is 24.3 Å². The van der Waals surface area contributed by atoms with Gasteiger partial charge in [0.1, 0.15) is 0 Å². The summed E-state index contributed by atoms with van der Waals surface area (Å²) in [5.41, 5.74) is 1.02. The van der Waals surface area contributed by atoms with Crippen molar-refractivity contribution in [2.45, 2.75) is 31.8 Å². The Labute approximate surface area is 135 Å². The van der Waals surface area contributed by atoms with Crippen LogP contribution in [0, 0.1) is 0 Å². The molecule has 3 rings (SSSR count). The van der Waals surface area contributed by atoms with Gasteiger partial charge in [-0.2, -0.15) is 0 Å². The molecule has 1 aromatic rings. The fourth-order valence-corrected chi connectivity index (χ4v) is 3.23. The van der Waals surface area contributed by atoms with Gasteiger partial charge in [-0.25, -0.2) is 4.79 Å². The Kier molecular flexibility index (Phi) is 4.36. The van der Waals surface area contributed by atoms with Crippen LogP contribution < -0.4 is 5.32 Å². The van der Waals surface area contributed by atoms with Crippen LogP contribution in [-0.2, 0) is 4.79 Å². The van der Waals surface area contributed by atoms with Crippen LogP contribution in [-0.4, -0.2) is 47.4 Å². The Balaban J connectivity index is 1.74. The van der Waals surface area contributed by atoms with Gasteiger partial charge in [0.05, 0.1) is 6.54 Å².